The fourth-order valence-electron chi connectivity index (χ4n) is 0.573. The third-order valence-electron chi connectivity index (χ3n) is 1.04. The first kappa shape index (κ1) is 6.55. The molecule has 0 unspecified atom stereocenters. The van der Waals surface area contributed by atoms with E-state index in [0.29, 0.717) is 0 Å². The second kappa shape index (κ2) is 2.35. The molecule has 0 fully saturated rings. The first-order chi connectivity index (χ1) is 4.20. The van der Waals surface area contributed by atoms with Crippen LogP contribution in [0.15, 0.2) is 18.3 Å². The second-order valence-corrected chi connectivity index (χ2v) is 2.64. The standard InChI is InChI=1S/C6H6BrNO/c1-5-2-3-8(7)6(9)4-5/h2-4H,1H3/p+1. The van der Waals surface area contributed by atoms with Crippen LogP contribution in [-0.2, 0) is 0 Å². The Kier molecular flexibility index (Phi) is 1.71. The van der Waals surface area contributed by atoms with E-state index in [1.54, 1.807) is 12.3 Å². The van der Waals surface area contributed by atoms with Crippen LogP contribution in [0.2, 0.25) is 0 Å². The van der Waals surface area contributed by atoms with Gasteiger partial charge in [-0.3, -0.25) is 0 Å². The fraction of sp³-hybridized carbons (Fsp3) is 0.167. The van der Waals surface area contributed by atoms with Crippen LogP contribution in [0.25, 0.3) is 0 Å². The maximum Gasteiger partial charge on any atom is 0.377 e. The number of hydrogen-bond acceptors (Lipinski definition) is 1. The van der Waals surface area contributed by atoms with Gasteiger partial charge in [-0.2, -0.15) is 0 Å². The van der Waals surface area contributed by atoms with Gasteiger partial charge in [-0.15, -0.1) is 0 Å². The van der Waals surface area contributed by atoms with E-state index in [-0.39, 0.29) is 5.88 Å². The zero-order valence-electron chi connectivity index (χ0n) is 5.00. The smallest absolute Gasteiger partial charge is 0.377 e. The van der Waals surface area contributed by atoms with Crippen molar-refractivity contribution in [3.05, 3.63) is 23.9 Å². The van der Waals surface area contributed by atoms with Gasteiger partial charge in [0.15, 0.2) is 6.20 Å². The predicted octanol–water partition coefficient (Wildman–Crippen LogP) is 1.15. The van der Waals surface area contributed by atoms with E-state index in [9.17, 15) is 0 Å². The van der Waals surface area contributed by atoms with Crippen molar-refractivity contribution in [1.29, 1.82) is 0 Å². The van der Waals surface area contributed by atoms with Gasteiger partial charge in [0.25, 0.3) is 0 Å². The normalized spacial score (nSPS) is 9.56. The van der Waals surface area contributed by atoms with Gasteiger partial charge in [0.05, 0.1) is 6.07 Å². The number of aromatic hydroxyl groups is 1. The molecular weight excluding hydrogens is 182 g/mol. The molecule has 0 spiro atoms. The van der Waals surface area contributed by atoms with E-state index in [4.69, 9.17) is 5.11 Å². The number of pyridine rings is 1. The van der Waals surface area contributed by atoms with Gasteiger partial charge in [-0.05, 0) is 12.5 Å². The van der Waals surface area contributed by atoms with E-state index >= 15 is 0 Å². The highest BCUT2D eigenvalue weighted by atomic mass is 79.9. The number of hydrogen-bond donors (Lipinski definition) is 1. The summed E-state index contributed by atoms with van der Waals surface area (Å²) in [5.41, 5.74) is 1.04. The maximum atomic E-state index is 9.02. The average molecular weight is 189 g/mol. The minimum Gasteiger partial charge on any atom is -0.459 e. The molecule has 0 amide bonds. The Hall–Kier alpha value is -0.570. The minimum absolute atomic E-state index is 0.218. The molecule has 0 saturated heterocycles. The zero-order valence-corrected chi connectivity index (χ0v) is 6.59. The Morgan fingerprint density at radius 2 is 2.33 bits per heavy atom. The van der Waals surface area contributed by atoms with Crippen LogP contribution < -0.4 is 3.59 Å². The molecule has 1 N–H and O–H groups in total. The van der Waals surface area contributed by atoms with Crippen molar-refractivity contribution in [2.24, 2.45) is 0 Å². The van der Waals surface area contributed by atoms with Crippen molar-refractivity contribution in [2.45, 2.75) is 6.92 Å². The lowest BCUT2D eigenvalue weighted by Crippen LogP contribution is -2.17. The lowest BCUT2D eigenvalue weighted by Gasteiger charge is -1.87. The van der Waals surface area contributed by atoms with Gasteiger partial charge >= 0.3 is 22.0 Å². The van der Waals surface area contributed by atoms with Gasteiger partial charge in [0.2, 0.25) is 0 Å². The summed E-state index contributed by atoms with van der Waals surface area (Å²) in [6.45, 7) is 1.92. The van der Waals surface area contributed by atoms with E-state index in [0.717, 1.165) is 5.56 Å². The Balaban J connectivity index is 3.17. The maximum absolute atomic E-state index is 9.02. The summed E-state index contributed by atoms with van der Waals surface area (Å²) in [5, 5.41) is 9.02. The highest BCUT2D eigenvalue weighted by Gasteiger charge is 2.03. The molecule has 2 nitrogen and oxygen atoms in total. The largest absolute Gasteiger partial charge is 0.459 e. The van der Waals surface area contributed by atoms with Crippen molar-refractivity contribution >= 4 is 16.1 Å². The fourth-order valence-corrected chi connectivity index (χ4v) is 0.793. The molecule has 0 atom stereocenters. The quantitative estimate of drug-likeness (QED) is 0.650. The summed E-state index contributed by atoms with van der Waals surface area (Å²) in [6.07, 6.45) is 1.74. The molecule has 0 radical (unpaired) electrons. The summed E-state index contributed by atoms with van der Waals surface area (Å²) in [6, 6.07) is 3.57. The van der Waals surface area contributed by atoms with Gasteiger partial charge in [0, 0.05) is 6.07 Å². The molecule has 9 heavy (non-hydrogen) atoms. The minimum atomic E-state index is 0.218. The van der Waals surface area contributed by atoms with Gasteiger partial charge in [-0.1, -0.05) is 3.59 Å². The van der Waals surface area contributed by atoms with Crippen LogP contribution >= 0.6 is 16.1 Å². The molecule has 48 valence electrons. The van der Waals surface area contributed by atoms with E-state index in [1.807, 2.05) is 13.0 Å². The second-order valence-electron chi connectivity index (χ2n) is 1.87. The average Bonchev–Trinajstić information content (AvgIpc) is 1.80. The van der Waals surface area contributed by atoms with Crippen LogP contribution in [-0.4, -0.2) is 5.11 Å². The molecule has 1 heterocycles. The summed E-state index contributed by atoms with van der Waals surface area (Å²) in [4.78, 5) is 0. The molecule has 0 aliphatic rings. The zero-order chi connectivity index (χ0) is 6.85. The Morgan fingerprint density at radius 3 is 2.78 bits per heavy atom. The van der Waals surface area contributed by atoms with Crippen molar-refractivity contribution in [3.63, 3.8) is 0 Å². The number of aryl methyl sites for hydroxylation is 1. The Morgan fingerprint density at radius 1 is 1.67 bits per heavy atom. The molecule has 0 aliphatic heterocycles. The summed E-state index contributed by atoms with van der Waals surface area (Å²) >= 11 is 3.10. The number of nitrogens with zero attached hydrogens (tertiary/aromatic N) is 1. The monoisotopic (exact) mass is 188 g/mol. The Labute approximate surface area is 62.1 Å². The topological polar surface area (TPSA) is 24.1 Å². The lowest BCUT2D eigenvalue weighted by molar-refractivity contribution is -0.486. The van der Waals surface area contributed by atoms with Crippen molar-refractivity contribution in [2.75, 3.05) is 0 Å². The van der Waals surface area contributed by atoms with Crippen LogP contribution in [0, 0.1) is 6.92 Å². The van der Waals surface area contributed by atoms with Gasteiger partial charge < -0.3 is 5.11 Å². The molecule has 1 aromatic heterocycles. The molecule has 0 aromatic carbocycles. The Bertz CT molecular complexity index is 224. The van der Waals surface area contributed by atoms with Crippen LogP contribution in [0.5, 0.6) is 5.88 Å². The van der Waals surface area contributed by atoms with Crippen molar-refractivity contribution in [1.82, 2.24) is 0 Å². The molecule has 3 heteroatoms. The summed E-state index contributed by atoms with van der Waals surface area (Å²) in [5.74, 6) is 0.218. The first-order valence-corrected chi connectivity index (χ1v) is 3.28. The first-order valence-electron chi connectivity index (χ1n) is 2.57. The van der Waals surface area contributed by atoms with Gasteiger partial charge in [-0.25, -0.2) is 0 Å². The molecule has 0 bridgehead atoms. The number of halogens is 1. The predicted molar refractivity (Wildman–Crippen MR) is 37.4 cm³/mol. The highest BCUT2D eigenvalue weighted by Crippen LogP contribution is 2.04. The van der Waals surface area contributed by atoms with Crippen molar-refractivity contribution < 1.29 is 8.70 Å². The molecule has 0 aliphatic carbocycles. The van der Waals surface area contributed by atoms with E-state index < -0.39 is 0 Å². The van der Waals surface area contributed by atoms with E-state index in [1.165, 1.54) is 3.59 Å². The summed E-state index contributed by atoms with van der Waals surface area (Å²) < 4.78 is 1.47. The van der Waals surface area contributed by atoms with Crippen LogP contribution in [0.1, 0.15) is 5.56 Å². The third kappa shape index (κ3) is 1.42. The number of rotatable bonds is 0. The summed E-state index contributed by atoms with van der Waals surface area (Å²) in [7, 11) is 0. The lowest BCUT2D eigenvalue weighted by atomic mass is 10.3. The molecule has 1 rings (SSSR count). The number of aromatic nitrogens is 1. The third-order valence-corrected chi connectivity index (χ3v) is 1.64. The molecule has 0 saturated carbocycles. The van der Waals surface area contributed by atoms with E-state index in [2.05, 4.69) is 16.1 Å². The van der Waals surface area contributed by atoms with Gasteiger partial charge in [0.1, 0.15) is 0 Å². The van der Waals surface area contributed by atoms with Crippen LogP contribution in [0.3, 0.4) is 0 Å². The molecule has 1 aromatic rings. The van der Waals surface area contributed by atoms with Crippen molar-refractivity contribution in [3.8, 4) is 5.88 Å². The van der Waals surface area contributed by atoms with Crippen LogP contribution in [0.4, 0.5) is 0 Å². The highest BCUT2D eigenvalue weighted by molar-refractivity contribution is 9.04. The molecular formula is C6H7BrNO+. The SMILES string of the molecule is Cc1cc[n+](Br)c(O)c1.